The van der Waals surface area contributed by atoms with Gasteiger partial charge in [-0.05, 0) is 38.4 Å². The molecule has 0 bridgehead atoms. The molecule has 3 atom stereocenters. The molecule has 2 heterocycles. The topological polar surface area (TPSA) is 71.6 Å². The smallest absolute Gasteiger partial charge is 0.246 e. The van der Waals surface area contributed by atoms with Gasteiger partial charge in [0.2, 0.25) is 5.91 Å². The normalized spacial score (nSPS) is 24.2. The van der Waals surface area contributed by atoms with E-state index < -0.39 is 5.54 Å². The number of carbonyl (C=O) groups is 1. The molecule has 180 valence electrons. The van der Waals surface area contributed by atoms with Gasteiger partial charge >= 0.3 is 0 Å². The average Bonchev–Trinajstić information content (AvgIpc) is 3.10. The third-order valence-corrected chi connectivity index (χ3v) is 6.09. The summed E-state index contributed by atoms with van der Waals surface area (Å²) in [5.74, 6) is 0.284. The summed E-state index contributed by atoms with van der Waals surface area (Å²) >= 11 is 0. The van der Waals surface area contributed by atoms with Gasteiger partial charge in [0.05, 0.1) is 12.1 Å². The van der Waals surface area contributed by atoms with Crippen molar-refractivity contribution in [2.45, 2.75) is 51.2 Å². The molecule has 2 aliphatic rings. The number of hydrogen-bond donors (Lipinski definition) is 3. The first-order chi connectivity index (χ1) is 16.0. The maximum atomic E-state index is 15.7. The van der Waals surface area contributed by atoms with Gasteiger partial charge < -0.3 is 25.4 Å². The molecule has 2 fully saturated rings. The lowest BCUT2D eigenvalue weighted by Gasteiger charge is -2.39. The van der Waals surface area contributed by atoms with Crippen molar-refractivity contribution < 1.29 is 18.7 Å². The number of ether oxygens (including phenoxy) is 2. The van der Waals surface area contributed by atoms with Crippen LogP contribution < -0.4 is 20.7 Å². The maximum Gasteiger partial charge on any atom is 0.246 e. The summed E-state index contributed by atoms with van der Waals surface area (Å²) in [5.41, 5.74) is 1.34. The molecule has 0 saturated carbocycles. The van der Waals surface area contributed by atoms with E-state index in [1.54, 1.807) is 6.07 Å². The fraction of sp³-hybridized carbons (Fsp3) is 0.500. The van der Waals surface area contributed by atoms with E-state index in [0.717, 1.165) is 12.0 Å². The predicted molar refractivity (Wildman–Crippen MR) is 129 cm³/mol. The number of carbonyl (C=O) groups excluding carboxylic acids is 1. The molecular weight excluding hydrogens is 421 g/mol. The van der Waals surface area contributed by atoms with Crippen molar-refractivity contribution in [3.05, 3.63) is 53.8 Å². The maximum absolute atomic E-state index is 15.7. The Balaban J connectivity index is 0.00000149. The van der Waals surface area contributed by atoms with Crippen LogP contribution in [0.25, 0.3) is 11.1 Å². The molecule has 6 nitrogen and oxygen atoms in total. The highest BCUT2D eigenvalue weighted by molar-refractivity contribution is 5.79. The van der Waals surface area contributed by atoms with Crippen LogP contribution in [0.2, 0.25) is 0 Å². The average molecular weight is 458 g/mol. The largest absolute Gasteiger partial charge is 0.492 e. The number of nitrogens with one attached hydrogen (secondary N) is 3. The molecule has 3 N–H and O–H groups in total. The second kappa shape index (κ2) is 11.6. The van der Waals surface area contributed by atoms with Crippen molar-refractivity contribution in [1.29, 1.82) is 0 Å². The van der Waals surface area contributed by atoms with E-state index in [-0.39, 0.29) is 30.4 Å². The number of para-hydroxylation sites is 1. The molecule has 3 unspecified atom stereocenters. The molecule has 2 aromatic carbocycles. The third-order valence-electron chi connectivity index (χ3n) is 6.09. The predicted octanol–water partition coefficient (Wildman–Crippen LogP) is 3.30. The molecule has 2 saturated heterocycles. The van der Waals surface area contributed by atoms with E-state index >= 15 is 4.39 Å². The Kier molecular flexibility index (Phi) is 8.83. The minimum Gasteiger partial charge on any atom is -0.492 e. The molecule has 1 amide bonds. The zero-order valence-electron chi connectivity index (χ0n) is 20.0. The zero-order valence-corrected chi connectivity index (χ0v) is 20.0. The van der Waals surface area contributed by atoms with E-state index in [2.05, 4.69) is 22.9 Å². The van der Waals surface area contributed by atoms with Crippen molar-refractivity contribution in [3.63, 3.8) is 0 Å². The van der Waals surface area contributed by atoms with Gasteiger partial charge in [0, 0.05) is 29.8 Å². The van der Waals surface area contributed by atoms with Crippen LogP contribution in [-0.4, -0.2) is 56.9 Å². The summed E-state index contributed by atoms with van der Waals surface area (Å²) in [6.07, 6.45) is 1.21. The molecular formula is C26H36FN3O3. The molecule has 7 heteroatoms. The third kappa shape index (κ3) is 5.72. The Bertz CT molecular complexity index is 939. The lowest BCUT2D eigenvalue weighted by Crippen LogP contribution is -2.63. The van der Waals surface area contributed by atoms with Gasteiger partial charge in [-0.15, -0.1) is 0 Å². The summed E-state index contributed by atoms with van der Waals surface area (Å²) in [4.78, 5) is 12.0. The van der Waals surface area contributed by atoms with Crippen molar-refractivity contribution in [2.24, 2.45) is 0 Å². The highest BCUT2D eigenvalue weighted by atomic mass is 19.1. The fourth-order valence-corrected chi connectivity index (χ4v) is 4.72. The van der Waals surface area contributed by atoms with Crippen molar-refractivity contribution >= 4 is 5.91 Å². The summed E-state index contributed by atoms with van der Waals surface area (Å²) in [7, 11) is 1.86. The summed E-state index contributed by atoms with van der Waals surface area (Å²) in [6, 6.07) is 13.1. The molecule has 0 radical (unpaired) electrons. The van der Waals surface area contributed by atoms with Crippen LogP contribution >= 0.6 is 0 Å². The summed E-state index contributed by atoms with van der Waals surface area (Å²) < 4.78 is 27.1. The molecule has 0 aromatic heterocycles. The van der Waals surface area contributed by atoms with Crippen LogP contribution in [-0.2, 0) is 16.0 Å². The SMILES string of the molecule is CC.CNCCOc1ccccc1-c1cccc(CC2NC(C)CC23COCC(=O)N3)c1F. The van der Waals surface area contributed by atoms with Gasteiger partial charge in [0.25, 0.3) is 0 Å². The van der Waals surface area contributed by atoms with Crippen LogP contribution in [0.4, 0.5) is 4.39 Å². The Labute approximate surface area is 196 Å². The van der Waals surface area contributed by atoms with Gasteiger partial charge in [-0.3, -0.25) is 4.79 Å². The molecule has 2 aromatic rings. The molecule has 2 aliphatic heterocycles. The number of halogens is 1. The van der Waals surface area contributed by atoms with E-state index in [0.29, 0.717) is 43.1 Å². The van der Waals surface area contributed by atoms with Gasteiger partial charge in [-0.2, -0.15) is 0 Å². The first-order valence-electron chi connectivity index (χ1n) is 11.8. The quantitative estimate of drug-likeness (QED) is 0.557. The number of likely N-dealkylation sites (N-methyl/N-ethyl adjacent to an activating group) is 1. The number of benzene rings is 2. The van der Waals surface area contributed by atoms with E-state index in [4.69, 9.17) is 9.47 Å². The monoisotopic (exact) mass is 457 g/mol. The van der Waals surface area contributed by atoms with Crippen LogP contribution in [0.15, 0.2) is 42.5 Å². The first kappa shape index (κ1) is 25.1. The van der Waals surface area contributed by atoms with Crippen LogP contribution in [0.1, 0.15) is 32.8 Å². The number of morpholine rings is 1. The van der Waals surface area contributed by atoms with E-state index in [1.165, 1.54) is 0 Å². The number of rotatable bonds is 7. The van der Waals surface area contributed by atoms with Gasteiger partial charge in [0.1, 0.15) is 24.8 Å². The number of hydrogen-bond acceptors (Lipinski definition) is 5. The highest BCUT2D eigenvalue weighted by Crippen LogP contribution is 2.35. The molecule has 33 heavy (non-hydrogen) atoms. The molecule has 4 rings (SSSR count). The Hall–Kier alpha value is -2.48. The summed E-state index contributed by atoms with van der Waals surface area (Å²) in [5, 5.41) is 9.69. The minimum atomic E-state index is -0.509. The second-order valence-corrected chi connectivity index (χ2v) is 8.45. The molecule has 1 spiro atoms. The van der Waals surface area contributed by atoms with E-state index in [9.17, 15) is 4.79 Å². The second-order valence-electron chi connectivity index (χ2n) is 8.45. The van der Waals surface area contributed by atoms with Crippen LogP contribution in [0.5, 0.6) is 5.75 Å². The van der Waals surface area contributed by atoms with Crippen molar-refractivity contribution in [1.82, 2.24) is 16.0 Å². The van der Waals surface area contributed by atoms with Crippen molar-refractivity contribution in [2.75, 3.05) is 33.4 Å². The Morgan fingerprint density at radius 2 is 1.94 bits per heavy atom. The van der Waals surface area contributed by atoms with E-state index in [1.807, 2.05) is 57.3 Å². The molecule has 0 aliphatic carbocycles. The van der Waals surface area contributed by atoms with Crippen LogP contribution in [0, 0.1) is 5.82 Å². The lowest BCUT2D eigenvalue weighted by atomic mass is 9.85. The van der Waals surface area contributed by atoms with Gasteiger partial charge in [-0.1, -0.05) is 50.2 Å². The Morgan fingerprint density at radius 3 is 2.70 bits per heavy atom. The minimum absolute atomic E-state index is 0.0804. The summed E-state index contributed by atoms with van der Waals surface area (Å²) in [6.45, 7) is 7.80. The fourth-order valence-electron chi connectivity index (χ4n) is 4.72. The highest BCUT2D eigenvalue weighted by Gasteiger charge is 2.49. The van der Waals surface area contributed by atoms with Gasteiger partial charge in [-0.25, -0.2) is 4.39 Å². The number of amides is 1. The Morgan fingerprint density at radius 1 is 1.18 bits per heavy atom. The zero-order chi connectivity index (χ0) is 23.8. The van der Waals surface area contributed by atoms with Gasteiger partial charge in [0.15, 0.2) is 0 Å². The van der Waals surface area contributed by atoms with Crippen molar-refractivity contribution in [3.8, 4) is 16.9 Å². The first-order valence-corrected chi connectivity index (χ1v) is 11.8. The lowest BCUT2D eigenvalue weighted by molar-refractivity contribution is -0.135. The standard InChI is InChI=1S/C24H30FN3O3.C2H6/c1-16-13-24(15-30-14-22(29)28-24)21(27-16)12-17-6-5-8-19(23(17)25)18-7-3-4-9-20(18)31-11-10-26-2;1-2/h3-9,16,21,26-27H,10-15H2,1-2H3,(H,28,29);1-2H3. The van der Waals surface area contributed by atoms with Crippen LogP contribution in [0.3, 0.4) is 0 Å².